The van der Waals surface area contributed by atoms with Gasteiger partial charge in [0.25, 0.3) is 11.5 Å². The summed E-state index contributed by atoms with van der Waals surface area (Å²) in [5.74, 6) is -0.894. The number of amides is 1. The molecule has 0 fully saturated rings. The SMILES string of the molecule is O=C(Nc1ccc(F)c(Cl)c1)c1cnc(-c2ccccc2)[nH]c1=O. The fourth-order valence-corrected chi connectivity index (χ4v) is 2.25. The summed E-state index contributed by atoms with van der Waals surface area (Å²) >= 11 is 5.66. The summed E-state index contributed by atoms with van der Waals surface area (Å²) in [4.78, 5) is 31.0. The second kappa shape index (κ2) is 6.64. The number of benzene rings is 2. The molecule has 0 aliphatic carbocycles. The maximum absolute atomic E-state index is 13.1. The van der Waals surface area contributed by atoms with Crippen molar-refractivity contribution in [3.63, 3.8) is 0 Å². The zero-order chi connectivity index (χ0) is 17.1. The van der Waals surface area contributed by atoms with E-state index in [9.17, 15) is 14.0 Å². The molecule has 1 amide bonds. The predicted octanol–water partition coefficient (Wildman–Crippen LogP) is 3.48. The first-order valence-electron chi connectivity index (χ1n) is 6.96. The van der Waals surface area contributed by atoms with Gasteiger partial charge in [0.15, 0.2) is 0 Å². The quantitative estimate of drug-likeness (QED) is 0.764. The van der Waals surface area contributed by atoms with Crippen LogP contribution in [0, 0.1) is 5.82 Å². The molecule has 0 spiro atoms. The van der Waals surface area contributed by atoms with E-state index in [-0.39, 0.29) is 16.3 Å². The van der Waals surface area contributed by atoms with Gasteiger partial charge in [-0.3, -0.25) is 9.59 Å². The number of aromatic amines is 1. The van der Waals surface area contributed by atoms with Gasteiger partial charge in [0.05, 0.1) is 5.02 Å². The van der Waals surface area contributed by atoms with Gasteiger partial charge in [-0.1, -0.05) is 41.9 Å². The summed E-state index contributed by atoms with van der Waals surface area (Å²) in [6.07, 6.45) is 1.20. The summed E-state index contributed by atoms with van der Waals surface area (Å²) in [7, 11) is 0. The average molecular weight is 344 g/mol. The summed E-state index contributed by atoms with van der Waals surface area (Å²) in [5, 5.41) is 2.35. The number of hydrogen-bond acceptors (Lipinski definition) is 3. The molecule has 0 atom stereocenters. The van der Waals surface area contributed by atoms with Gasteiger partial charge in [-0.25, -0.2) is 9.37 Å². The van der Waals surface area contributed by atoms with E-state index in [2.05, 4.69) is 15.3 Å². The lowest BCUT2D eigenvalue weighted by Gasteiger charge is -2.06. The second-order valence-corrected chi connectivity index (χ2v) is 5.33. The van der Waals surface area contributed by atoms with Crippen LogP contribution in [0.2, 0.25) is 5.02 Å². The molecule has 3 rings (SSSR count). The summed E-state index contributed by atoms with van der Waals surface area (Å²) in [5.41, 5.74) is 0.273. The molecule has 0 radical (unpaired) electrons. The fourth-order valence-electron chi connectivity index (χ4n) is 2.07. The van der Waals surface area contributed by atoms with Crippen molar-refractivity contribution >= 4 is 23.2 Å². The van der Waals surface area contributed by atoms with Crippen LogP contribution in [0.15, 0.2) is 59.5 Å². The van der Waals surface area contributed by atoms with Crippen LogP contribution in [-0.4, -0.2) is 15.9 Å². The Balaban J connectivity index is 1.85. The molecule has 5 nitrogen and oxygen atoms in total. The monoisotopic (exact) mass is 343 g/mol. The van der Waals surface area contributed by atoms with Crippen molar-refractivity contribution in [1.29, 1.82) is 0 Å². The number of halogens is 2. The zero-order valence-electron chi connectivity index (χ0n) is 12.2. The van der Waals surface area contributed by atoms with Gasteiger partial charge in [0.1, 0.15) is 17.2 Å². The predicted molar refractivity (Wildman–Crippen MR) is 89.7 cm³/mol. The molecule has 0 aliphatic heterocycles. The van der Waals surface area contributed by atoms with E-state index in [4.69, 9.17) is 11.6 Å². The highest BCUT2D eigenvalue weighted by Crippen LogP contribution is 2.19. The van der Waals surface area contributed by atoms with Crippen molar-refractivity contribution in [2.75, 3.05) is 5.32 Å². The maximum atomic E-state index is 13.1. The molecule has 0 bridgehead atoms. The van der Waals surface area contributed by atoms with E-state index < -0.39 is 17.3 Å². The van der Waals surface area contributed by atoms with E-state index in [0.717, 1.165) is 11.6 Å². The largest absolute Gasteiger partial charge is 0.322 e. The second-order valence-electron chi connectivity index (χ2n) is 4.92. The minimum Gasteiger partial charge on any atom is -0.322 e. The van der Waals surface area contributed by atoms with Crippen LogP contribution in [0.1, 0.15) is 10.4 Å². The minimum absolute atomic E-state index is 0.126. The fraction of sp³-hybridized carbons (Fsp3) is 0. The molecule has 7 heteroatoms. The van der Waals surface area contributed by atoms with Gasteiger partial charge in [0.2, 0.25) is 0 Å². The van der Waals surface area contributed by atoms with E-state index >= 15 is 0 Å². The Labute approximate surface area is 141 Å². The average Bonchev–Trinajstić information content (AvgIpc) is 2.59. The van der Waals surface area contributed by atoms with Crippen LogP contribution in [0.3, 0.4) is 0 Å². The van der Waals surface area contributed by atoms with E-state index in [1.807, 2.05) is 18.2 Å². The Morgan fingerprint density at radius 2 is 1.92 bits per heavy atom. The summed E-state index contributed by atoms with van der Waals surface area (Å²) < 4.78 is 13.1. The molecule has 0 saturated heterocycles. The first-order chi connectivity index (χ1) is 11.5. The minimum atomic E-state index is -0.661. The third kappa shape index (κ3) is 3.33. The van der Waals surface area contributed by atoms with Crippen molar-refractivity contribution < 1.29 is 9.18 Å². The topological polar surface area (TPSA) is 74.8 Å². The number of nitrogens with one attached hydrogen (secondary N) is 2. The highest BCUT2D eigenvalue weighted by molar-refractivity contribution is 6.31. The molecule has 0 aliphatic rings. The Kier molecular flexibility index (Phi) is 4.39. The van der Waals surface area contributed by atoms with Crippen LogP contribution in [-0.2, 0) is 0 Å². The standard InChI is InChI=1S/C17H11ClFN3O2/c18-13-8-11(6-7-14(13)19)21-16(23)12-9-20-15(22-17(12)24)10-4-2-1-3-5-10/h1-9H,(H,21,23)(H,20,22,24). The molecule has 2 aromatic carbocycles. The first kappa shape index (κ1) is 15.9. The Bertz CT molecular complexity index is 958. The lowest BCUT2D eigenvalue weighted by molar-refractivity contribution is 0.102. The van der Waals surface area contributed by atoms with Gasteiger partial charge < -0.3 is 10.3 Å². The highest BCUT2D eigenvalue weighted by Gasteiger charge is 2.13. The number of rotatable bonds is 3. The zero-order valence-corrected chi connectivity index (χ0v) is 13.0. The Hall–Kier alpha value is -2.99. The smallest absolute Gasteiger partial charge is 0.264 e. The molecule has 0 unspecified atom stereocenters. The molecule has 1 heterocycles. The number of carbonyl (C=O) groups excluding carboxylic acids is 1. The molecule has 0 saturated carbocycles. The number of H-pyrrole nitrogens is 1. The molecular formula is C17H11ClFN3O2. The van der Waals surface area contributed by atoms with Gasteiger partial charge in [-0.2, -0.15) is 0 Å². The third-order valence-electron chi connectivity index (χ3n) is 3.27. The number of nitrogens with zero attached hydrogens (tertiary/aromatic N) is 1. The van der Waals surface area contributed by atoms with Crippen molar-refractivity contribution in [2.45, 2.75) is 0 Å². The highest BCUT2D eigenvalue weighted by atomic mass is 35.5. The lowest BCUT2D eigenvalue weighted by Crippen LogP contribution is -2.24. The van der Waals surface area contributed by atoms with Crippen molar-refractivity contribution in [1.82, 2.24) is 9.97 Å². The molecule has 3 aromatic rings. The molecule has 120 valence electrons. The van der Waals surface area contributed by atoms with Crippen LogP contribution in [0.25, 0.3) is 11.4 Å². The molecular weight excluding hydrogens is 333 g/mol. The maximum Gasteiger partial charge on any atom is 0.264 e. The Morgan fingerprint density at radius 1 is 1.17 bits per heavy atom. The van der Waals surface area contributed by atoms with Crippen LogP contribution >= 0.6 is 11.6 Å². The van der Waals surface area contributed by atoms with Gasteiger partial charge >= 0.3 is 0 Å². The molecule has 1 aromatic heterocycles. The van der Waals surface area contributed by atoms with E-state index in [1.165, 1.54) is 18.3 Å². The molecule has 24 heavy (non-hydrogen) atoms. The van der Waals surface area contributed by atoms with Crippen molar-refractivity contribution in [3.05, 3.63) is 81.5 Å². The van der Waals surface area contributed by atoms with E-state index in [0.29, 0.717) is 5.82 Å². The number of hydrogen-bond donors (Lipinski definition) is 2. The summed E-state index contributed by atoms with van der Waals surface area (Å²) in [6, 6.07) is 12.8. The normalized spacial score (nSPS) is 10.4. The third-order valence-corrected chi connectivity index (χ3v) is 3.56. The van der Waals surface area contributed by atoms with Crippen LogP contribution in [0.4, 0.5) is 10.1 Å². The first-order valence-corrected chi connectivity index (χ1v) is 7.33. The number of aromatic nitrogens is 2. The number of carbonyl (C=O) groups is 1. The number of anilines is 1. The lowest BCUT2D eigenvalue weighted by atomic mass is 10.2. The van der Waals surface area contributed by atoms with Crippen molar-refractivity contribution in [2.24, 2.45) is 0 Å². The molecule has 2 N–H and O–H groups in total. The van der Waals surface area contributed by atoms with Crippen LogP contribution in [0.5, 0.6) is 0 Å². The summed E-state index contributed by atoms with van der Waals surface area (Å²) in [6.45, 7) is 0. The van der Waals surface area contributed by atoms with Gasteiger partial charge in [-0.15, -0.1) is 0 Å². The van der Waals surface area contributed by atoms with Crippen LogP contribution < -0.4 is 10.9 Å². The van der Waals surface area contributed by atoms with E-state index in [1.54, 1.807) is 12.1 Å². The van der Waals surface area contributed by atoms with Gasteiger partial charge in [0, 0.05) is 17.4 Å². The van der Waals surface area contributed by atoms with Gasteiger partial charge in [-0.05, 0) is 18.2 Å². The Morgan fingerprint density at radius 3 is 2.58 bits per heavy atom. The van der Waals surface area contributed by atoms with Crippen molar-refractivity contribution in [3.8, 4) is 11.4 Å².